The van der Waals surface area contributed by atoms with Crippen LogP contribution < -0.4 is 5.32 Å². The minimum absolute atomic E-state index is 0.00985. The van der Waals surface area contributed by atoms with Gasteiger partial charge >= 0.3 is 0 Å². The van der Waals surface area contributed by atoms with E-state index in [1.165, 1.54) is 16.8 Å². The molecule has 4 rings (SSSR count). The van der Waals surface area contributed by atoms with Gasteiger partial charge in [0.05, 0.1) is 18.8 Å². The zero-order chi connectivity index (χ0) is 19.3. The number of rotatable bonds is 6. The number of amides is 1. The van der Waals surface area contributed by atoms with Crippen LogP contribution in [-0.4, -0.2) is 21.9 Å². The van der Waals surface area contributed by atoms with Crippen molar-refractivity contribution in [2.75, 3.05) is 6.26 Å². The van der Waals surface area contributed by atoms with E-state index in [2.05, 4.69) is 45.6 Å². The Balaban J connectivity index is 1.48. The van der Waals surface area contributed by atoms with Gasteiger partial charge in [0.15, 0.2) is 0 Å². The monoisotopic (exact) mass is 391 g/mol. The number of aromatic nitrogens is 2. The summed E-state index contributed by atoms with van der Waals surface area (Å²) in [4.78, 5) is 12.7. The lowest BCUT2D eigenvalue weighted by atomic mass is 9.92. The molecule has 0 spiro atoms. The van der Waals surface area contributed by atoms with E-state index in [1.807, 2.05) is 36.5 Å². The zero-order valence-corrected chi connectivity index (χ0v) is 16.9. The van der Waals surface area contributed by atoms with Crippen LogP contribution in [0.4, 0.5) is 0 Å². The number of nitrogens with one attached hydrogen (secondary N) is 1. The fourth-order valence-corrected chi connectivity index (χ4v) is 4.35. The highest BCUT2D eigenvalue weighted by Crippen LogP contribution is 2.30. The lowest BCUT2D eigenvalue weighted by Gasteiger charge is -2.24. The van der Waals surface area contributed by atoms with Gasteiger partial charge in [-0.05, 0) is 48.8 Å². The van der Waals surface area contributed by atoms with E-state index >= 15 is 0 Å². The van der Waals surface area contributed by atoms with Gasteiger partial charge < -0.3 is 5.32 Å². The third-order valence-corrected chi connectivity index (χ3v) is 5.89. The highest BCUT2D eigenvalue weighted by molar-refractivity contribution is 7.97. The molecule has 28 heavy (non-hydrogen) atoms. The summed E-state index contributed by atoms with van der Waals surface area (Å²) in [6.45, 7) is 0.772. The third kappa shape index (κ3) is 4.14. The molecule has 1 unspecified atom stereocenters. The largest absolute Gasteiger partial charge is 0.345 e. The lowest BCUT2D eigenvalue weighted by Crippen LogP contribution is -2.31. The summed E-state index contributed by atoms with van der Waals surface area (Å²) >= 11 is 1.78. The first-order chi connectivity index (χ1) is 13.7. The summed E-state index contributed by atoms with van der Waals surface area (Å²) in [7, 11) is 0. The number of benzene rings is 2. The predicted molar refractivity (Wildman–Crippen MR) is 115 cm³/mol. The SMILES string of the molecule is CSCc1ccc(C(=O)NC2CCCc3c2cnn3Cc2ccccc2)cc1. The molecule has 1 aliphatic rings. The van der Waals surface area contributed by atoms with Crippen molar-refractivity contribution in [3.05, 3.63) is 88.7 Å². The van der Waals surface area contributed by atoms with Crippen LogP contribution in [0.25, 0.3) is 0 Å². The van der Waals surface area contributed by atoms with Crippen molar-refractivity contribution in [3.8, 4) is 0 Å². The van der Waals surface area contributed by atoms with Crippen LogP contribution in [0, 0.1) is 0 Å². The summed E-state index contributed by atoms with van der Waals surface area (Å²) < 4.78 is 2.08. The molecule has 0 aliphatic heterocycles. The molecule has 1 N–H and O–H groups in total. The van der Waals surface area contributed by atoms with Gasteiger partial charge in [0.1, 0.15) is 0 Å². The van der Waals surface area contributed by atoms with Crippen LogP contribution >= 0.6 is 11.8 Å². The van der Waals surface area contributed by atoms with Crippen molar-refractivity contribution in [2.24, 2.45) is 0 Å². The van der Waals surface area contributed by atoms with Gasteiger partial charge in [0.2, 0.25) is 0 Å². The van der Waals surface area contributed by atoms with Gasteiger partial charge in [-0.1, -0.05) is 42.5 Å². The number of nitrogens with zero attached hydrogens (tertiary/aromatic N) is 2. The van der Waals surface area contributed by atoms with Crippen LogP contribution in [0.3, 0.4) is 0 Å². The Kier molecular flexibility index (Phi) is 5.81. The highest BCUT2D eigenvalue weighted by atomic mass is 32.2. The maximum Gasteiger partial charge on any atom is 0.251 e. The van der Waals surface area contributed by atoms with Gasteiger partial charge in [-0.3, -0.25) is 9.48 Å². The first kappa shape index (κ1) is 18.8. The second-order valence-electron chi connectivity index (χ2n) is 7.24. The van der Waals surface area contributed by atoms with E-state index < -0.39 is 0 Å². The fraction of sp³-hybridized carbons (Fsp3) is 0.304. The molecule has 1 heterocycles. The molecule has 1 aliphatic carbocycles. The average Bonchev–Trinajstić information content (AvgIpc) is 3.13. The Labute approximate surface area is 170 Å². The molecule has 0 bridgehead atoms. The van der Waals surface area contributed by atoms with E-state index in [0.717, 1.165) is 37.1 Å². The van der Waals surface area contributed by atoms with Crippen LogP contribution in [0.5, 0.6) is 0 Å². The molecule has 1 aromatic heterocycles. The molecule has 1 amide bonds. The summed E-state index contributed by atoms with van der Waals surface area (Å²) in [6.07, 6.45) is 7.05. The van der Waals surface area contributed by atoms with Gasteiger partial charge in [-0.15, -0.1) is 0 Å². The first-order valence-electron chi connectivity index (χ1n) is 9.72. The highest BCUT2D eigenvalue weighted by Gasteiger charge is 2.26. The van der Waals surface area contributed by atoms with E-state index in [0.29, 0.717) is 5.56 Å². The fourth-order valence-electron chi connectivity index (χ4n) is 3.82. The summed E-state index contributed by atoms with van der Waals surface area (Å²) in [5.74, 6) is 0.957. The Bertz CT molecular complexity index is 934. The number of hydrogen-bond donors (Lipinski definition) is 1. The number of carbonyl (C=O) groups excluding carboxylic acids is 1. The van der Waals surface area contributed by atoms with Crippen LogP contribution in [0.2, 0.25) is 0 Å². The number of hydrogen-bond acceptors (Lipinski definition) is 3. The molecule has 0 saturated carbocycles. The summed E-state index contributed by atoms with van der Waals surface area (Å²) in [5.41, 5.74) is 5.61. The number of carbonyl (C=O) groups is 1. The molecule has 4 nitrogen and oxygen atoms in total. The van der Waals surface area contributed by atoms with Crippen molar-refractivity contribution in [1.29, 1.82) is 0 Å². The number of fused-ring (bicyclic) bond motifs is 1. The minimum atomic E-state index is -0.00985. The molecule has 2 aromatic carbocycles. The second-order valence-corrected chi connectivity index (χ2v) is 8.10. The van der Waals surface area contributed by atoms with Crippen molar-refractivity contribution in [2.45, 2.75) is 37.6 Å². The molecule has 3 aromatic rings. The zero-order valence-electron chi connectivity index (χ0n) is 16.1. The van der Waals surface area contributed by atoms with Gasteiger partial charge in [0.25, 0.3) is 5.91 Å². The second kappa shape index (κ2) is 8.65. The van der Waals surface area contributed by atoms with E-state index in [1.54, 1.807) is 11.8 Å². The summed E-state index contributed by atoms with van der Waals surface area (Å²) in [6, 6.07) is 18.3. The van der Waals surface area contributed by atoms with Crippen LogP contribution in [0.15, 0.2) is 60.8 Å². The Hall–Kier alpha value is -2.53. The molecular weight excluding hydrogens is 366 g/mol. The predicted octanol–water partition coefficient (Wildman–Crippen LogP) is 4.60. The van der Waals surface area contributed by atoms with Gasteiger partial charge in [-0.2, -0.15) is 16.9 Å². The van der Waals surface area contributed by atoms with E-state index in [4.69, 9.17) is 0 Å². The first-order valence-corrected chi connectivity index (χ1v) is 11.1. The van der Waals surface area contributed by atoms with Crippen molar-refractivity contribution < 1.29 is 4.79 Å². The molecule has 0 fully saturated rings. The topological polar surface area (TPSA) is 46.9 Å². The Morgan fingerprint density at radius 2 is 1.93 bits per heavy atom. The Morgan fingerprint density at radius 1 is 1.14 bits per heavy atom. The minimum Gasteiger partial charge on any atom is -0.345 e. The maximum absolute atomic E-state index is 12.7. The van der Waals surface area contributed by atoms with Crippen molar-refractivity contribution in [3.63, 3.8) is 0 Å². The summed E-state index contributed by atoms with van der Waals surface area (Å²) in [5, 5.41) is 7.84. The van der Waals surface area contributed by atoms with Crippen molar-refractivity contribution >= 4 is 17.7 Å². The molecule has 0 radical (unpaired) electrons. The van der Waals surface area contributed by atoms with E-state index in [9.17, 15) is 4.79 Å². The molecule has 144 valence electrons. The normalized spacial score (nSPS) is 15.8. The third-order valence-electron chi connectivity index (χ3n) is 5.27. The van der Waals surface area contributed by atoms with Crippen LogP contribution in [0.1, 0.15) is 51.6 Å². The molecule has 0 saturated heterocycles. The maximum atomic E-state index is 12.7. The van der Waals surface area contributed by atoms with Crippen LogP contribution in [-0.2, 0) is 18.7 Å². The van der Waals surface area contributed by atoms with Crippen molar-refractivity contribution in [1.82, 2.24) is 15.1 Å². The average molecular weight is 392 g/mol. The lowest BCUT2D eigenvalue weighted by molar-refractivity contribution is 0.0932. The quantitative estimate of drug-likeness (QED) is 0.668. The molecular formula is C23H25N3OS. The standard InChI is InChI=1S/C23H25N3OS/c1-28-16-18-10-12-19(13-11-18)23(27)25-21-8-5-9-22-20(21)14-24-26(22)15-17-6-3-2-4-7-17/h2-4,6-7,10-14,21H,5,8-9,15-16H2,1H3,(H,25,27). The smallest absolute Gasteiger partial charge is 0.251 e. The Morgan fingerprint density at radius 3 is 2.68 bits per heavy atom. The van der Waals surface area contributed by atoms with Gasteiger partial charge in [-0.25, -0.2) is 0 Å². The number of thioether (sulfide) groups is 1. The molecule has 5 heteroatoms. The molecule has 1 atom stereocenters. The van der Waals surface area contributed by atoms with Gasteiger partial charge in [0, 0.05) is 22.6 Å². The van der Waals surface area contributed by atoms with E-state index in [-0.39, 0.29) is 11.9 Å².